The zero-order valence-corrected chi connectivity index (χ0v) is 11.4. The largest absolute Gasteiger partial charge is 0.367 e. The van der Waals surface area contributed by atoms with Gasteiger partial charge in [-0.15, -0.1) is 11.3 Å². The molecular formula is C13H12N4OS. The number of nitrogens with two attached hydrogens (primary N) is 1. The van der Waals surface area contributed by atoms with Gasteiger partial charge < -0.3 is 10.3 Å². The summed E-state index contributed by atoms with van der Waals surface area (Å²) in [6, 6.07) is 5.65. The van der Waals surface area contributed by atoms with Gasteiger partial charge in [-0.05, 0) is 26.0 Å². The van der Waals surface area contributed by atoms with Crippen LogP contribution in [0.3, 0.4) is 0 Å². The predicted molar refractivity (Wildman–Crippen MR) is 74.7 cm³/mol. The monoisotopic (exact) mass is 272 g/mol. The summed E-state index contributed by atoms with van der Waals surface area (Å²) < 4.78 is 5.14. The lowest BCUT2D eigenvalue weighted by atomic mass is 10.1. The standard InChI is InChI=1S/C13H12N4OS/c1-7-12(19-8(2)16-7)11-10(13(14)18-17-11)9-5-3-4-6-15-9/h3-6H,14H2,1-2H3. The molecule has 3 aromatic heterocycles. The fourth-order valence-electron chi connectivity index (χ4n) is 1.97. The Morgan fingerprint density at radius 2 is 2.11 bits per heavy atom. The number of nitrogen functional groups attached to an aromatic ring is 1. The van der Waals surface area contributed by atoms with Crippen LogP contribution in [-0.2, 0) is 0 Å². The van der Waals surface area contributed by atoms with Crippen LogP contribution in [0.4, 0.5) is 5.88 Å². The van der Waals surface area contributed by atoms with E-state index in [0.29, 0.717) is 5.69 Å². The molecule has 0 saturated carbocycles. The number of aryl methyl sites for hydroxylation is 2. The van der Waals surface area contributed by atoms with Crippen LogP contribution in [0.15, 0.2) is 28.9 Å². The van der Waals surface area contributed by atoms with Crippen LogP contribution < -0.4 is 5.73 Å². The highest BCUT2D eigenvalue weighted by atomic mass is 32.1. The molecule has 19 heavy (non-hydrogen) atoms. The maximum absolute atomic E-state index is 5.88. The van der Waals surface area contributed by atoms with Gasteiger partial charge in [0, 0.05) is 6.20 Å². The first kappa shape index (κ1) is 11.9. The summed E-state index contributed by atoms with van der Waals surface area (Å²) in [5.74, 6) is 0.277. The van der Waals surface area contributed by atoms with Crippen molar-refractivity contribution in [1.29, 1.82) is 0 Å². The van der Waals surface area contributed by atoms with Crippen molar-refractivity contribution in [3.63, 3.8) is 0 Å². The number of anilines is 1. The van der Waals surface area contributed by atoms with E-state index in [9.17, 15) is 0 Å². The third-order valence-electron chi connectivity index (χ3n) is 2.76. The third kappa shape index (κ3) is 2.00. The predicted octanol–water partition coefficient (Wildman–Crippen LogP) is 3.06. The molecule has 0 aliphatic heterocycles. The fraction of sp³-hybridized carbons (Fsp3) is 0.154. The van der Waals surface area contributed by atoms with Crippen LogP contribution >= 0.6 is 11.3 Å². The Labute approximate surface area is 114 Å². The Bertz CT molecular complexity index is 718. The molecule has 2 N–H and O–H groups in total. The minimum atomic E-state index is 0.277. The molecule has 0 spiro atoms. The van der Waals surface area contributed by atoms with Gasteiger partial charge in [-0.2, -0.15) is 0 Å². The molecule has 0 radical (unpaired) electrons. The smallest absolute Gasteiger partial charge is 0.232 e. The van der Waals surface area contributed by atoms with Crippen LogP contribution in [0.25, 0.3) is 21.8 Å². The van der Waals surface area contributed by atoms with E-state index in [0.717, 1.165) is 26.8 Å². The van der Waals surface area contributed by atoms with Crippen molar-refractivity contribution in [2.24, 2.45) is 0 Å². The fourth-order valence-corrected chi connectivity index (χ4v) is 2.87. The van der Waals surface area contributed by atoms with Gasteiger partial charge in [0.05, 0.1) is 26.8 Å². The molecule has 6 heteroatoms. The molecule has 0 saturated heterocycles. The molecule has 0 bridgehead atoms. The molecule has 0 aliphatic carbocycles. The lowest BCUT2D eigenvalue weighted by Crippen LogP contribution is -1.89. The van der Waals surface area contributed by atoms with Gasteiger partial charge in [0.1, 0.15) is 5.69 Å². The average molecular weight is 272 g/mol. The summed E-state index contributed by atoms with van der Waals surface area (Å²) in [7, 11) is 0. The molecule has 0 aromatic carbocycles. The van der Waals surface area contributed by atoms with Crippen molar-refractivity contribution in [3.8, 4) is 21.8 Å². The van der Waals surface area contributed by atoms with Gasteiger partial charge in [-0.25, -0.2) is 4.98 Å². The average Bonchev–Trinajstić information content (AvgIpc) is 2.93. The van der Waals surface area contributed by atoms with Crippen LogP contribution in [0.5, 0.6) is 0 Å². The molecule has 0 unspecified atom stereocenters. The van der Waals surface area contributed by atoms with Crippen LogP contribution in [0, 0.1) is 13.8 Å². The second-order valence-corrected chi connectivity index (χ2v) is 5.34. The molecule has 0 atom stereocenters. The van der Waals surface area contributed by atoms with Crippen LogP contribution in [0.1, 0.15) is 10.7 Å². The van der Waals surface area contributed by atoms with Crippen LogP contribution in [-0.4, -0.2) is 15.1 Å². The van der Waals surface area contributed by atoms with Gasteiger partial charge in [-0.3, -0.25) is 4.98 Å². The van der Waals surface area contributed by atoms with Crippen molar-refractivity contribution < 1.29 is 4.52 Å². The third-order valence-corrected chi connectivity index (χ3v) is 3.84. The van der Waals surface area contributed by atoms with Crippen molar-refractivity contribution in [2.75, 3.05) is 5.73 Å². The second-order valence-electron chi connectivity index (χ2n) is 4.13. The molecule has 0 aliphatic rings. The van der Waals surface area contributed by atoms with Gasteiger partial charge in [0.15, 0.2) is 0 Å². The highest BCUT2D eigenvalue weighted by Crippen LogP contribution is 2.38. The van der Waals surface area contributed by atoms with E-state index in [1.807, 2.05) is 32.0 Å². The highest BCUT2D eigenvalue weighted by Gasteiger charge is 2.21. The van der Waals surface area contributed by atoms with E-state index in [4.69, 9.17) is 10.3 Å². The first-order valence-electron chi connectivity index (χ1n) is 5.77. The SMILES string of the molecule is Cc1nc(C)c(-c2noc(N)c2-c2ccccn2)s1. The summed E-state index contributed by atoms with van der Waals surface area (Å²) in [5.41, 5.74) is 9.00. The van der Waals surface area contributed by atoms with Gasteiger partial charge >= 0.3 is 0 Å². The topological polar surface area (TPSA) is 77.8 Å². The number of pyridine rings is 1. The number of nitrogens with zero attached hydrogens (tertiary/aromatic N) is 3. The molecule has 3 rings (SSSR count). The van der Waals surface area contributed by atoms with E-state index in [1.165, 1.54) is 0 Å². The maximum Gasteiger partial charge on any atom is 0.232 e. The Hall–Kier alpha value is -2.21. The Balaban J connectivity index is 2.22. The van der Waals surface area contributed by atoms with E-state index >= 15 is 0 Å². The normalized spacial score (nSPS) is 10.8. The maximum atomic E-state index is 5.88. The number of thiazole rings is 1. The van der Waals surface area contributed by atoms with Gasteiger partial charge in [-0.1, -0.05) is 11.2 Å². The number of hydrogen-bond acceptors (Lipinski definition) is 6. The summed E-state index contributed by atoms with van der Waals surface area (Å²) in [4.78, 5) is 9.69. The Morgan fingerprint density at radius 1 is 1.26 bits per heavy atom. The zero-order chi connectivity index (χ0) is 13.4. The van der Waals surface area contributed by atoms with Crippen molar-refractivity contribution in [2.45, 2.75) is 13.8 Å². The Morgan fingerprint density at radius 3 is 2.74 bits per heavy atom. The molecule has 96 valence electrons. The van der Waals surface area contributed by atoms with Crippen LogP contribution in [0.2, 0.25) is 0 Å². The number of aromatic nitrogens is 3. The summed E-state index contributed by atoms with van der Waals surface area (Å²) in [6.45, 7) is 3.91. The first-order valence-corrected chi connectivity index (χ1v) is 6.59. The molecule has 3 aromatic rings. The second kappa shape index (κ2) is 4.47. The molecule has 0 fully saturated rings. The van der Waals surface area contributed by atoms with Crippen molar-refractivity contribution in [1.82, 2.24) is 15.1 Å². The van der Waals surface area contributed by atoms with E-state index < -0.39 is 0 Å². The lowest BCUT2D eigenvalue weighted by Gasteiger charge is -2.00. The Kier molecular flexibility index (Phi) is 2.79. The number of hydrogen-bond donors (Lipinski definition) is 1. The zero-order valence-electron chi connectivity index (χ0n) is 10.5. The molecule has 5 nitrogen and oxygen atoms in total. The highest BCUT2D eigenvalue weighted by molar-refractivity contribution is 7.15. The van der Waals surface area contributed by atoms with Gasteiger partial charge in [0.25, 0.3) is 0 Å². The first-order chi connectivity index (χ1) is 9.16. The van der Waals surface area contributed by atoms with E-state index in [-0.39, 0.29) is 5.88 Å². The summed E-state index contributed by atoms with van der Waals surface area (Å²) in [6.07, 6.45) is 1.72. The summed E-state index contributed by atoms with van der Waals surface area (Å²) in [5, 5.41) is 5.05. The van der Waals surface area contributed by atoms with E-state index in [1.54, 1.807) is 17.5 Å². The lowest BCUT2D eigenvalue weighted by molar-refractivity contribution is 0.439. The van der Waals surface area contributed by atoms with Crippen molar-refractivity contribution >= 4 is 17.2 Å². The minimum Gasteiger partial charge on any atom is -0.367 e. The minimum absolute atomic E-state index is 0.277. The van der Waals surface area contributed by atoms with Gasteiger partial charge in [0.2, 0.25) is 5.88 Å². The van der Waals surface area contributed by atoms with Crippen molar-refractivity contribution in [3.05, 3.63) is 35.1 Å². The molecular weight excluding hydrogens is 260 g/mol. The van der Waals surface area contributed by atoms with E-state index in [2.05, 4.69) is 15.1 Å². The molecule has 3 heterocycles. The quantitative estimate of drug-likeness (QED) is 0.775. The molecule has 0 amide bonds. The number of rotatable bonds is 2. The summed E-state index contributed by atoms with van der Waals surface area (Å²) >= 11 is 1.57.